The minimum absolute atomic E-state index is 0.0327. The van der Waals surface area contributed by atoms with Crippen LogP contribution in [0.25, 0.3) is 0 Å². The molecule has 0 saturated carbocycles. The SMILES string of the molecule is CCN1CCCC(NC(=O)CC(C)(C)C(=O)O)C1. The number of nitrogens with zero attached hydrogens (tertiary/aromatic N) is 1. The van der Waals surface area contributed by atoms with E-state index in [-0.39, 0.29) is 18.4 Å². The van der Waals surface area contributed by atoms with Crippen LogP contribution in [0.2, 0.25) is 0 Å². The summed E-state index contributed by atoms with van der Waals surface area (Å²) < 4.78 is 0. The molecule has 0 radical (unpaired) electrons. The summed E-state index contributed by atoms with van der Waals surface area (Å²) in [7, 11) is 0. The van der Waals surface area contributed by atoms with E-state index < -0.39 is 11.4 Å². The number of likely N-dealkylation sites (tertiary alicyclic amines) is 1. The quantitative estimate of drug-likeness (QED) is 0.772. The van der Waals surface area contributed by atoms with Crippen LogP contribution in [0, 0.1) is 5.41 Å². The van der Waals surface area contributed by atoms with Crippen molar-refractivity contribution in [1.82, 2.24) is 10.2 Å². The van der Waals surface area contributed by atoms with Crippen LogP contribution in [-0.2, 0) is 9.59 Å². The maximum atomic E-state index is 11.8. The van der Waals surface area contributed by atoms with Crippen LogP contribution in [0.1, 0.15) is 40.0 Å². The van der Waals surface area contributed by atoms with Crippen molar-refractivity contribution < 1.29 is 14.7 Å². The van der Waals surface area contributed by atoms with Crippen LogP contribution in [-0.4, -0.2) is 47.6 Å². The number of carboxylic acids is 1. The highest BCUT2D eigenvalue weighted by atomic mass is 16.4. The van der Waals surface area contributed by atoms with Gasteiger partial charge in [0.2, 0.25) is 5.91 Å². The summed E-state index contributed by atoms with van der Waals surface area (Å²) in [5.41, 5.74) is -0.997. The Morgan fingerprint density at radius 2 is 2.11 bits per heavy atom. The molecule has 0 aliphatic carbocycles. The molecule has 0 aromatic carbocycles. The average molecular weight is 256 g/mol. The van der Waals surface area contributed by atoms with E-state index in [0.717, 1.165) is 32.5 Å². The third-order valence-corrected chi connectivity index (χ3v) is 3.50. The van der Waals surface area contributed by atoms with Crippen LogP contribution in [0.15, 0.2) is 0 Å². The van der Waals surface area contributed by atoms with E-state index >= 15 is 0 Å². The largest absolute Gasteiger partial charge is 0.481 e. The minimum atomic E-state index is -0.997. The van der Waals surface area contributed by atoms with Crippen molar-refractivity contribution in [2.45, 2.75) is 46.1 Å². The van der Waals surface area contributed by atoms with Crippen molar-refractivity contribution in [1.29, 1.82) is 0 Å². The zero-order valence-corrected chi connectivity index (χ0v) is 11.5. The molecule has 1 aliphatic rings. The fraction of sp³-hybridized carbons (Fsp3) is 0.846. The molecule has 0 aromatic heterocycles. The van der Waals surface area contributed by atoms with Crippen molar-refractivity contribution in [3.8, 4) is 0 Å². The Morgan fingerprint density at radius 3 is 2.67 bits per heavy atom. The van der Waals surface area contributed by atoms with Crippen molar-refractivity contribution in [2.24, 2.45) is 5.41 Å². The lowest BCUT2D eigenvalue weighted by Crippen LogP contribution is -2.48. The monoisotopic (exact) mass is 256 g/mol. The van der Waals surface area contributed by atoms with Gasteiger partial charge in [-0.05, 0) is 39.8 Å². The molecule has 1 fully saturated rings. The van der Waals surface area contributed by atoms with Crippen LogP contribution in [0.4, 0.5) is 0 Å². The predicted octanol–water partition coefficient (Wildman–Crippen LogP) is 1.09. The smallest absolute Gasteiger partial charge is 0.309 e. The predicted molar refractivity (Wildman–Crippen MR) is 69.3 cm³/mol. The van der Waals surface area contributed by atoms with E-state index in [4.69, 9.17) is 5.11 Å². The Kier molecular flexibility index (Phi) is 5.14. The lowest BCUT2D eigenvalue weighted by Gasteiger charge is -2.32. The second-order valence-electron chi connectivity index (χ2n) is 5.67. The van der Waals surface area contributed by atoms with E-state index in [1.165, 1.54) is 0 Å². The number of likely N-dealkylation sites (N-methyl/N-ethyl adjacent to an activating group) is 1. The molecule has 0 aromatic rings. The fourth-order valence-electron chi connectivity index (χ4n) is 2.22. The first-order valence-electron chi connectivity index (χ1n) is 6.60. The summed E-state index contributed by atoms with van der Waals surface area (Å²) in [6.07, 6.45) is 2.10. The number of piperidine rings is 1. The number of amides is 1. The van der Waals surface area contributed by atoms with Gasteiger partial charge in [0, 0.05) is 19.0 Å². The van der Waals surface area contributed by atoms with Crippen LogP contribution >= 0.6 is 0 Å². The molecule has 0 spiro atoms. The van der Waals surface area contributed by atoms with E-state index in [2.05, 4.69) is 17.1 Å². The highest BCUT2D eigenvalue weighted by Crippen LogP contribution is 2.20. The zero-order chi connectivity index (χ0) is 13.8. The molecule has 1 aliphatic heterocycles. The molecule has 1 atom stereocenters. The number of carboxylic acid groups (broad SMARTS) is 1. The Balaban J connectivity index is 2.42. The third-order valence-electron chi connectivity index (χ3n) is 3.50. The maximum absolute atomic E-state index is 11.8. The Hall–Kier alpha value is -1.10. The van der Waals surface area contributed by atoms with Crippen LogP contribution in [0.3, 0.4) is 0 Å². The topological polar surface area (TPSA) is 69.6 Å². The number of carbonyl (C=O) groups is 2. The maximum Gasteiger partial charge on any atom is 0.309 e. The molecule has 1 heterocycles. The van der Waals surface area contributed by atoms with Gasteiger partial charge in [0.15, 0.2) is 0 Å². The van der Waals surface area contributed by atoms with E-state index in [9.17, 15) is 9.59 Å². The second-order valence-corrected chi connectivity index (χ2v) is 5.67. The summed E-state index contributed by atoms with van der Waals surface area (Å²) >= 11 is 0. The molecule has 5 heteroatoms. The summed E-state index contributed by atoms with van der Waals surface area (Å²) in [5, 5.41) is 11.9. The van der Waals surface area contributed by atoms with Gasteiger partial charge in [-0.3, -0.25) is 9.59 Å². The molecule has 2 N–H and O–H groups in total. The van der Waals surface area contributed by atoms with Crippen molar-refractivity contribution >= 4 is 11.9 Å². The molecule has 0 bridgehead atoms. The number of aliphatic carboxylic acids is 1. The first-order chi connectivity index (χ1) is 8.35. The van der Waals surface area contributed by atoms with Gasteiger partial charge in [-0.2, -0.15) is 0 Å². The van der Waals surface area contributed by atoms with E-state index in [0.29, 0.717) is 0 Å². The number of hydrogen-bond donors (Lipinski definition) is 2. The molecule has 1 amide bonds. The number of hydrogen-bond acceptors (Lipinski definition) is 3. The molecular formula is C13H24N2O3. The molecule has 1 saturated heterocycles. The van der Waals surface area contributed by atoms with Gasteiger partial charge in [-0.1, -0.05) is 6.92 Å². The van der Waals surface area contributed by atoms with E-state index in [1.807, 2.05) is 0 Å². The molecule has 1 rings (SSSR count). The van der Waals surface area contributed by atoms with Gasteiger partial charge in [0.25, 0.3) is 0 Å². The molecule has 104 valence electrons. The Morgan fingerprint density at radius 1 is 1.44 bits per heavy atom. The first-order valence-corrected chi connectivity index (χ1v) is 6.60. The van der Waals surface area contributed by atoms with E-state index in [1.54, 1.807) is 13.8 Å². The van der Waals surface area contributed by atoms with Gasteiger partial charge < -0.3 is 15.3 Å². The summed E-state index contributed by atoms with van der Waals surface area (Å²) in [6.45, 7) is 8.21. The fourth-order valence-corrected chi connectivity index (χ4v) is 2.22. The zero-order valence-electron chi connectivity index (χ0n) is 11.5. The van der Waals surface area contributed by atoms with Gasteiger partial charge in [-0.15, -0.1) is 0 Å². The Labute approximate surface area is 109 Å². The van der Waals surface area contributed by atoms with Crippen molar-refractivity contribution in [3.63, 3.8) is 0 Å². The lowest BCUT2D eigenvalue weighted by molar-refractivity contribution is -0.149. The highest BCUT2D eigenvalue weighted by molar-refractivity contribution is 5.84. The summed E-state index contributed by atoms with van der Waals surface area (Å²) in [5.74, 6) is -1.10. The third kappa shape index (κ3) is 4.29. The first kappa shape index (κ1) is 15.0. The molecular weight excluding hydrogens is 232 g/mol. The summed E-state index contributed by atoms with van der Waals surface area (Å²) in [6, 6.07) is 0.163. The number of carbonyl (C=O) groups excluding carboxylic acids is 1. The molecule has 18 heavy (non-hydrogen) atoms. The number of rotatable bonds is 5. The van der Waals surface area contributed by atoms with Crippen molar-refractivity contribution in [3.05, 3.63) is 0 Å². The van der Waals surface area contributed by atoms with Gasteiger partial charge in [0.1, 0.15) is 0 Å². The summed E-state index contributed by atoms with van der Waals surface area (Å²) in [4.78, 5) is 25.1. The lowest BCUT2D eigenvalue weighted by atomic mass is 9.89. The van der Waals surface area contributed by atoms with Crippen LogP contribution < -0.4 is 5.32 Å². The van der Waals surface area contributed by atoms with Gasteiger partial charge in [-0.25, -0.2) is 0 Å². The standard InChI is InChI=1S/C13H24N2O3/c1-4-15-7-5-6-10(9-15)14-11(16)8-13(2,3)12(17)18/h10H,4-9H2,1-3H3,(H,14,16)(H,17,18). The molecule has 5 nitrogen and oxygen atoms in total. The van der Waals surface area contributed by atoms with Crippen molar-refractivity contribution in [2.75, 3.05) is 19.6 Å². The minimum Gasteiger partial charge on any atom is -0.481 e. The number of nitrogens with one attached hydrogen (secondary N) is 1. The Bertz CT molecular complexity index is 315. The normalized spacial score (nSPS) is 21.6. The molecule has 1 unspecified atom stereocenters. The van der Waals surface area contributed by atoms with Gasteiger partial charge >= 0.3 is 5.97 Å². The average Bonchev–Trinajstić information content (AvgIpc) is 2.28. The highest BCUT2D eigenvalue weighted by Gasteiger charge is 2.31. The van der Waals surface area contributed by atoms with Crippen LogP contribution in [0.5, 0.6) is 0 Å². The van der Waals surface area contributed by atoms with Gasteiger partial charge in [0.05, 0.1) is 5.41 Å². The second kappa shape index (κ2) is 6.18.